The van der Waals surface area contributed by atoms with Crippen LogP contribution in [0.3, 0.4) is 0 Å². The number of ether oxygens (including phenoxy) is 2. The van der Waals surface area contributed by atoms with Crippen LogP contribution in [-0.4, -0.2) is 29.3 Å². The zero-order valence-electron chi connectivity index (χ0n) is 13.1. The standard InChI is InChI=1S/C15H15BrN4O3S/c1-3-13-19-20-15(24-13)18-12(21)8-23-14-10(16)5-9(7-17)6-11(14)22-4-2/h5-6H,3-4,8H2,1-2H3,(H,18,20,21). The van der Waals surface area contributed by atoms with Crippen molar-refractivity contribution in [3.63, 3.8) is 0 Å². The van der Waals surface area contributed by atoms with Crippen LogP contribution in [0.25, 0.3) is 0 Å². The lowest BCUT2D eigenvalue weighted by Gasteiger charge is -2.13. The van der Waals surface area contributed by atoms with E-state index < -0.39 is 0 Å². The van der Waals surface area contributed by atoms with E-state index in [0.717, 1.165) is 11.4 Å². The monoisotopic (exact) mass is 410 g/mol. The Morgan fingerprint density at radius 3 is 2.79 bits per heavy atom. The summed E-state index contributed by atoms with van der Waals surface area (Å²) in [6.45, 7) is 3.98. The number of aryl methyl sites for hydroxylation is 1. The van der Waals surface area contributed by atoms with Gasteiger partial charge in [-0.05, 0) is 35.3 Å². The van der Waals surface area contributed by atoms with Crippen LogP contribution < -0.4 is 14.8 Å². The fraction of sp³-hybridized carbons (Fsp3) is 0.333. The number of amides is 1. The van der Waals surface area contributed by atoms with E-state index in [1.807, 2.05) is 19.9 Å². The van der Waals surface area contributed by atoms with Gasteiger partial charge in [0.25, 0.3) is 5.91 Å². The van der Waals surface area contributed by atoms with Crippen molar-refractivity contribution in [3.05, 3.63) is 27.2 Å². The minimum atomic E-state index is -0.354. The predicted octanol–water partition coefficient (Wildman–Crippen LogP) is 3.15. The lowest BCUT2D eigenvalue weighted by Crippen LogP contribution is -2.20. The molecule has 2 aromatic rings. The van der Waals surface area contributed by atoms with Gasteiger partial charge in [-0.1, -0.05) is 18.3 Å². The van der Waals surface area contributed by atoms with Crippen LogP contribution in [0.1, 0.15) is 24.4 Å². The summed E-state index contributed by atoms with van der Waals surface area (Å²) in [6.07, 6.45) is 0.764. The summed E-state index contributed by atoms with van der Waals surface area (Å²) in [5.41, 5.74) is 0.433. The molecule has 0 saturated heterocycles. The van der Waals surface area contributed by atoms with E-state index in [9.17, 15) is 4.79 Å². The topological polar surface area (TPSA) is 97.1 Å². The number of nitrogens with one attached hydrogen (secondary N) is 1. The average molecular weight is 411 g/mol. The Morgan fingerprint density at radius 1 is 1.38 bits per heavy atom. The number of nitrogens with zero attached hydrogens (tertiary/aromatic N) is 3. The molecule has 0 aliphatic rings. The van der Waals surface area contributed by atoms with Crippen molar-refractivity contribution in [3.8, 4) is 17.6 Å². The second-order valence-corrected chi connectivity index (χ2v) is 6.44. The number of hydrogen-bond donors (Lipinski definition) is 1. The summed E-state index contributed by atoms with van der Waals surface area (Å²) in [4.78, 5) is 12.0. The Kier molecular flexibility index (Phi) is 6.52. The highest BCUT2D eigenvalue weighted by atomic mass is 79.9. The molecule has 0 atom stereocenters. The van der Waals surface area contributed by atoms with Crippen LogP contribution in [0.2, 0.25) is 0 Å². The zero-order valence-corrected chi connectivity index (χ0v) is 15.5. The summed E-state index contributed by atoms with van der Waals surface area (Å²) in [6, 6.07) is 5.21. The number of benzene rings is 1. The first-order valence-corrected chi connectivity index (χ1v) is 8.79. The molecule has 1 aromatic heterocycles. The molecule has 126 valence electrons. The summed E-state index contributed by atoms with van der Waals surface area (Å²) >= 11 is 4.65. The van der Waals surface area contributed by atoms with Gasteiger partial charge in [-0.3, -0.25) is 10.1 Å². The third kappa shape index (κ3) is 4.66. The molecule has 1 amide bonds. The summed E-state index contributed by atoms with van der Waals surface area (Å²) in [7, 11) is 0. The third-order valence-electron chi connectivity index (χ3n) is 2.80. The first kappa shape index (κ1) is 18.2. The number of nitriles is 1. The molecule has 1 N–H and O–H groups in total. The van der Waals surface area contributed by atoms with Crippen LogP contribution in [0.4, 0.5) is 5.13 Å². The maximum atomic E-state index is 12.0. The Labute approximate surface area is 151 Å². The van der Waals surface area contributed by atoms with E-state index >= 15 is 0 Å². The summed E-state index contributed by atoms with van der Waals surface area (Å²) in [5.74, 6) is 0.422. The Morgan fingerprint density at radius 2 is 2.17 bits per heavy atom. The average Bonchev–Trinajstić information content (AvgIpc) is 3.01. The van der Waals surface area contributed by atoms with Crippen LogP contribution in [-0.2, 0) is 11.2 Å². The molecule has 0 aliphatic carbocycles. The van der Waals surface area contributed by atoms with Gasteiger partial charge in [-0.25, -0.2) is 0 Å². The molecule has 0 saturated carbocycles. The summed E-state index contributed by atoms with van der Waals surface area (Å²) < 4.78 is 11.6. The van der Waals surface area contributed by atoms with Gasteiger partial charge in [0, 0.05) is 6.07 Å². The van der Waals surface area contributed by atoms with Crippen molar-refractivity contribution in [2.75, 3.05) is 18.5 Å². The Balaban J connectivity index is 2.05. The van der Waals surface area contributed by atoms with Gasteiger partial charge in [0.15, 0.2) is 18.1 Å². The number of halogens is 1. The van der Waals surface area contributed by atoms with Gasteiger partial charge < -0.3 is 9.47 Å². The maximum absolute atomic E-state index is 12.0. The smallest absolute Gasteiger partial charge is 0.264 e. The molecule has 1 heterocycles. The van der Waals surface area contributed by atoms with Crippen molar-refractivity contribution >= 4 is 38.3 Å². The number of anilines is 1. The highest BCUT2D eigenvalue weighted by molar-refractivity contribution is 9.10. The van der Waals surface area contributed by atoms with Gasteiger partial charge >= 0.3 is 0 Å². The van der Waals surface area contributed by atoms with Gasteiger partial charge in [-0.2, -0.15) is 5.26 Å². The van der Waals surface area contributed by atoms with Crippen LogP contribution in [0.15, 0.2) is 16.6 Å². The molecule has 7 nitrogen and oxygen atoms in total. The van der Waals surface area contributed by atoms with Crippen molar-refractivity contribution in [2.24, 2.45) is 0 Å². The molecule has 0 spiro atoms. The van der Waals surface area contributed by atoms with Gasteiger partial charge in [0.1, 0.15) is 5.01 Å². The van der Waals surface area contributed by atoms with E-state index in [1.54, 1.807) is 12.1 Å². The molecule has 24 heavy (non-hydrogen) atoms. The molecule has 9 heteroatoms. The Hall–Kier alpha value is -2.18. The van der Waals surface area contributed by atoms with Crippen LogP contribution in [0, 0.1) is 11.3 Å². The molecule has 0 fully saturated rings. The Bertz CT molecular complexity index is 773. The number of rotatable bonds is 7. The second-order valence-electron chi connectivity index (χ2n) is 4.52. The van der Waals surface area contributed by atoms with E-state index in [2.05, 4.69) is 31.4 Å². The fourth-order valence-corrected chi connectivity index (χ4v) is 3.03. The lowest BCUT2D eigenvalue weighted by molar-refractivity contribution is -0.118. The van der Waals surface area contributed by atoms with Crippen LogP contribution in [0.5, 0.6) is 11.5 Å². The molecule has 0 bridgehead atoms. The number of aromatic nitrogens is 2. The predicted molar refractivity (Wildman–Crippen MR) is 93.4 cm³/mol. The molecular formula is C15H15BrN4O3S. The largest absolute Gasteiger partial charge is 0.490 e. The van der Waals surface area contributed by atoms with Gasteiger partial charge in [-0.15, -0.1) is 10.2 Å². The van der Waals surface area contributed by atoms with E-state index in [0.29, 0.717) is 33.3 Å². The maximum Gasteiger partial charge on any atom is 0.264 e. The quantitative estimate of drug-likeness (QED) is 0.752. The molecule has 0 unspecified atom stereocenters. The van der Waals surface area contributed by atoms with Crippen LogP contribution >= 0.6 is 27.3 Å². The highest BCUT2D eigenvalue weighted by Crippen LogP contribution is 2.36. The normalized spacial score (nSPS) is 10.1. The SMILES string of the molecule is CCOc1cc(C#N)cc(Br)c1OCC(=O)Nc1nnc(CC)s1. The first-order chi connectivity index (χ1) is 11.6. The fourth-order valence-electron chi connectivity index (χ4n) is 1.78. The zero-order chi connectivity index (χ0) is 17.5. The lowest BCUT2D eigenvalue weighted by atomic mass is 10.2. The number of carbonyl (C=O) groups is 1. The van der Waals surface area contributed by atoms with Gasteiger partial charge in [0.05, 0.1) is 22.7 Å². The van der Waals surface area contributed by atoms with Gasteiger partial charge in [0.2, 0.25) is 5.13 Å². The molecule has 2 rings (SSSR count). The van der Waals surface area contributed by atoms with E-state index in [-0.39, 0.29) is 12.5 Å². The number of hydrogen-bond acceptors (Lipinski definition) is 7. The van der Waals surface area contributed by atoms with Crippen molar-refractivity contribution < 1.29 is 14.3 Å². The molecule has 0 aliphatic heterocycles. The molecule has 0 radical (unpaired) electrons. The highest BCUT2D eigenvalue weighted by Gasteiger charge is 2.15. The minimum Gasteiger partial charge on any atom is -0.490 e. The summed E-state index contributed by atoms with van der Waals surface area (Å²) in [5, 5.41) is 20.7. The second kappa shape index (κ2) is 8.61. The van der Waals surface area contributed by atoms with Crippen molar-refractivity contribution in [1.82, 2.24) is 10.2 Å². The molecular weight excluding hydrogens is 396 g/mol. The van der Waals surface area contributed by atoms with E-state index in [1.165, 1.54) is 11.3 Å². The first-order valence-electron chi connectivity index (χ1n) is 7.18. The van der Waals surface area contributed by atoms with Crippen molar-refractivity contribution in [2.45, 2.75) is 20.3 Å². The minimum absolute atomic E-state index is 0.217. The third-order valence-corrected chi connectivity index (χ3v) is 4.37. The van der Waals surface area contributed by atoms with Crippen molar-refractivity contribution in [1.29, 1.82) is 5.26 Å². The molecule has 1 aromatic carbocycles. The van der Waals surface area contributed by atoms with E-state index in [4.69, 9.17) is 14.7 Å². The number of carbonyl (C=O) groups excluding carboxylic acids is 1.